The van der Waals surface area contributed by atoms with Gasteiger partial charge in [-0.15, -0.1) is 11.8 Å². The molecular formula is C22H27NO3S. The Balaban J connectivity index is 1.94. The molecule has 4 atom stereocenters. The van der Waals surface area contributed by atoms with Gasteiger partial charge in [0.1, 0.15) is 0 Å². The zero-order valence-electron chi connectivity index (χ0n) is 16.2. The number of thioether (sulfide) groups is 1. The molecule has 1 aliphatic heterocycles. The number of cyclic esters (lactones) is 1. The summed E-state index contributed by atoms with van der Waals surface area (Å²) in [5, 5.41) is -0.153. The molecule has 0 amide bonds. The molecule has 2 N–H and O–H groups in total. The number of hydrogen-bond donors (Lipinski definition) is 1. The van der Waals surface area contributed by atoms with E-state index in [1.807, 2.05) is 82.3 Å². The zero-order valence-corrected chi connectivity index (χ0v) is 17.0. The first-order valence-electron chi connectivity index (χ1n) is 9.19. The lowest BCUT2D eigenvalue weighted by Crippen LogP contribution is -2.48. The third-order valence-corrected chi connectivity index (χ3v) is 6.12. The van der Waals surface area contributed by atoms with E-state index in [2.05, 4.69) is 0 Å². The molecule has 3 rings (SSSR count). The van der Waals surface area contributed by atoms with Crippen molar-refractivity contribution in [2.75, 3.05) is 5.73 Å². The first-order chi connectivity index (χ1) is 12.8. The van der Waals surface area contributed by atoms with E-state index in [-0.39, 0.29) is 22.7 Å². The number of carbonyl (C=O) groups excluding carboxylic acids is 1. The van der Waals surface area contributed by atoms with Crippen LogP contribution in [0, 0.1) is 11.3 Å². The van der Waals surface area contributed by atoms with E-state index < -0.39 is 12.2 Å². The Morgan fingerprint density at radius 1 is 1.04 bits per heavy atom. The van der Waals surface area contributed by atoms with Gasteiger partial charge in [-0.25, -0.2) is 0 Å². The van der Waals surface area contributed by atoms with Crippen LogP contribution in [0.4, 0.5) is 5.69 Å². The van der Waals surface area contributed by atoms with Crippen molar-refractivity contribution in [3.63, 3.8) is 0 Å². The number of rotatable bonds is 4. The Kier molecular flexibility index (Phi) is 5.82. The second kappa shape index (κ2) is 7.95. The van der Waals surface area contributed by atoms with Crippen LogP contribution in [-0.2, 0) is 14.3 Å². The van der Waals surface area contributed by atoms with Gasteiger partial charge in [0.05, 0.1) is 17.3 Å². The molecular weight excluding hydrogens is 358 g/mol. The summed E-state index contributed by atoms with van der Waals surface area (Å²) >= 11 is 1.59. The van der Waals surface area contributed by atoms with E-state index in [9.17, 15) is 4.79 Å². The zero-order chi connectivity index (χ0) is 19.6. The van der Waals surface area contributed by atoms with Crippen LogP contribution in [0.25, 0.3) is 0 Å². The molecule has 0 radical (unpaired) electrons. The second-order valence-corrected chi connectivity index (χ2v) is 9.17. The Labute approximate surface area is 165 Å². The van der Waals surface area contributed by atoms with Crippen molar-refractivity contribution in [1.29, 1.82) is 0 Å². The summed E-state index contributed by atoms with van der Waals surface area (Å²) in [6.45, 7) is 7.97. The van der Waals surface area contributed by atoms with Crippen molar-refractivity contribution in [2.45, 2.75) is 50.2 Å². The predicted molar refractivity (Wildman–Crippen MR) is 109 cm³/mol. The van der Waals surface area contributed by atoms with Gasteiger partial charge in [0, 0.05) is 16.0 Å². The molecule has 144 valence electrons. The maximum absolute atomic E-state index is 13.0. The van der Waals surface area contributed by atoms with Crippen LogP contribution in [-0.4, -0.2) is 18.4 Å². The van der Waals surface area contributed by atoms with E-state index in [0.29, 0.717) is 5.69 Å². The fourth-order valence-electron chi connectivity index (χ4n) is 3.15. The van der Waals surface area contributed by atoms with E-state index in [1.54, 1.807) is 11.8 Å². The molecule has 1 heterocycles. The smallest absolute Gasteiger partial charge is 0.315 e. The van der Waals surface area contributed by atoms with Gasteiger partial charge in [-0.1, -0.05) is 63.2 Å². The number of anilines is 1. The lowest BCUT2D eigenvalue weighted by atomic mass is 9.90. The van der Waals surface area contributed by atoms with Crippen LogP contribution in [0.15, 0.2) is 59.5 Å². The lowest BCUT2D eigenvalue weighted by Gasteiger charge is -2.41. The van der Waals surface area contributed by atoms with Gasteiger partial charge in [0.15, 0.2) is 0 Å². The number of benzene rings is 2. The molecule has 0 saturated carbocycles. The van der Waals surface area contributed by atoms with Gasteiger partial charge in [-0.3, -0.25) is 4.79 Å². The lowest BCUT2D eigenvalue weighted by molar-refractivity contribution is -0.253. The highest BCUT2D eigenvalue weighted by Gasteiger charge is 2.46. The van der Waals surface area contributed by atoms with Crippen LogP contribution in [0.2, 0.25) is 0 Å². The molecule has 0 aromatic heterocycles. The highest BCUT2D eigenvalue weighted by Crippen LogP contribution is 2.47. The van der Waals surface area contributed by atoms with E-state index in [1.165, 1.54) is 0 Å². The molecule has 1 unspecified atom stereocenters. The highest BCUT2D eigenvalue weighted by atomic mass is 32.2. The average molecular weight is 386 g/mol. The second-order valence-electron chi connectivity index (χ2n) is 7.99. The van der Waals surface area contributed by atoms with Crippen LogP contribution in [0.3, 0.4) is 0 Å². The molecule has 4 nitrogen and oxygen atoms in total. The molecule has 0 spiro atoms. The number of esters is 1. The first kappa shape index (κ1) is 19.8. The minimum Gasteiger partial charge on any atom is -0.435 e. The van der Waals surface area contributed by atoms with Gasteiger partial charge in [-0.05, 0) is 24.6 Å². The largest absolute Gasteiger partial charge is 0.435 e. The first-order valence-corrected chi connectivity index (χ1v) is 10.1. The van der Waals surface area contributed by atoms with E-state index in [0.717, 1.165) is 10.5 Å². The van der Waals surface area contributed by atoms with Gasteiger partial charge in [0.2, 0.25) is 6.29 Å². The van der Waals surface area contributed by atoms with Crippen molar-refractivity contribution >= 4 is 23.4 Å². The molecule has 0 aliphatic carbocycles. The van der Waals surface area contributed by atoms with Gasteiger partial charge >= 0.3 is 5.97 Å². The normalized spacial score (nSPS) is 24.3. The Morgan fingerprint density at radius 3 is 2.26 bits per heavy atom. The molecule has 2 aromatic carbocycles. The quantitative estimate of drug-likeness (QED) is 0.453. The number of ether oxygens (including phenoxy) is 2. The van der Waals surface area contributed by atoms with Crippen molar-refractivity contribution in [3.8, 4) is 0 Å². The Morgan fingerprint density at radius 2 is 1.67 bits per heavy atom. The molecule has 1 saturated heterocycles. The van der Waals surface area contributed by atoms with Crippen LogP contribution in [0.5, 0.6) is 0 Å². The van der Waals surface area contributed by atoms with Gasteiger partial charge in [-0.2, -0.15) is 0 Å². The topological polar surface area (TPSA) is 61.5 Å². The number of nitrogens with two attached hydrogens (primary N) is 1. The van der Waals surface area contributed by atoms with Crippen molar-refractivity contribution in [3.05, 3.63) is 60.2 Å². The summed E-state index contributed by atoms with van der Waals surface area (Å²) in [5.74, 6) is -0.639. The monoisotopic (exact) mass is 385 g/mol. The average Bonchev–Trinajstić information content (AvgIpc) is 2.62. The van der Waals surface area contributed by atoms with Crippen LogP contribution >= 0.6 is 11.8 Å². The third kappa shape index (κ3) is 4.47. The number of carbonyl (C=O) groups is 1. The maximum atomic E-state index is 13.0. The van der Waals surface area contributed by atoms with Crippen LogP contribution in [0.1, 0.15) is 38.5 Å². The maximum Gasteiger partial charge on any atom is 0.315 e. The number of para-hydroxylation sites is 1. The van der Waals surface area contributed by atoms with Gasteiger partial charge in [0.25, 0.3) is 0 Å². The summed E-state index contributed by atoms with van der Waals surface area (Å²) in [7, 11) is 0. The minimum atomic E-state index is -0.542. The molecule has 2 aromatic rings. The molecule has 0 bridgehead atoms. The highest BCUT2D eigenvalue weighted by molar-refractivity contribution is 7.99. The van der Waals surface area contributed by atoms with E-state index >= 15 is 0 Å². The standard InChI is InChI=1S/C22H27NO3S/c1-14-18(20(24)26-21(25-14)22(2,3)4)19(15-10-6-5-7-11-15)27-17-13-9-8-12-16(17)23/h5-14,18-19,21H,23H2,1-4H3/t14-,18?,19-,21-/m1/s1. The van der Waals surface area contributed by atoms with Crippen molar-refractivity contribution < 1.29 is 14.3 Å². The third-order valence-electron chi connectivity index (χ3n) is 4.67. The number of nitrogen functional groups attached to an aromatic ring is 1. The molecule has 5 heteroatoms. The summed E-state index contributed by atoms with van der Waals surface area (Å²) < 4.78 is 11.8. The summed E-state index contributed by atoms with van der Waals surface area (Å²) in [6, 6.07) is 17.7. The summed E-state index contributed by atoms with van der Waals surface area (Å²) in [6.07, 6.45) is -0.808. The van der Waals surface area contributed by atoms with Crippen LogP contribution < -0.4 is 5.73 Å². The molecule has 1 fully saturated rings. The van der Waals surface area contributed by atoms with Gasteiger partial charge < -0.3 is 15.2 Å². The SMILES string of the molecule is C[C@H]1O[C@@H](C(C)(C)C)OC(=O)C1[C@H](Sc1ccccc1N)c1ccccc1. The van der Waals surface area contributed by atoms with Crippen molar-refractivity contribution in [1.82, 2.24) is 0 Å². The van der Waals surface area contributed by atoms with Crippen molar-refractivity contribution in [2.24, 2.45) is 11.3 Å². The summed E-state index contributed by atoms with van der Waals surface area (Å²) in [4.78, 5) is 14.0. The fourth-order valence-corrected chi connectivity index (χ4v) is 4.56. The predicted octanol–water partition coefficient (Wildman–Crippen LogP) is 5.05. The Bertz CT molecular complexity index is 788. The minimum absolute atomic E-state index is 0.153. The number of hydrogen-bond acceptors (Lipinski definition) is 5. The summed E-state index contributed by atoms with van der Waals surface area (Å²) in [5.41, 5.74) is 7.64. The molecule has 1 aliphatic rings. The Hall–Kier alpha value is -1.98. The van der Waals surface area contributed by atoms with E-state index in [4.69, 9.17) is 15.2 Å². The fraction of sp³-hybridized carbons (Fsp3) is 0.409. The molecule has 27 heavy (non-hydrogen) atoms.